The summed E-state index contributed by atoms with van der Waals surface area (Å²) in [6, 6.07) is 9.51. The van der Waals surface area contributed by atoms with E-state index in [9.17, 15) is 19.5 Å². The van der Waals surface area contributed by atoms with Gasteiger partial charge < -0.3 is 24.4 Å². The highest BCUT2D eigenvalue weighted by atomic mass is 32.2. The number of fused-ring (bicyclic) bond motifs is 1. The molecule has 2 aromatic rings. The van der Waals surface area contributed by atoms with E-state index in [2.05, 4.69) is 15.0 Å². The van der Waals surface area contributed by atoms with Crippen molar-refractivity contribution in [3.63, 3.8) is 0 Å². The number of amides is 2. The molecular weight excluding hydrogens is 414 g/mol. The summed E-state index contributed by atoms with van der Waals surface area (Å²) in [5.74, 6) is -1.09. The molecule has 2 N–H and O–H groups in total. The van der Waals surface area contributed by atoms with Crippen LogP contribution in [0.5, 0.6) is 11.6 Å². The van der Waals surface area contributed by atoms with Gasteiger partial charge in [-0.3, -0.25) is 14.5 Å². The molecule has 10 nitrogen and oxygen atoms in total. The first-order valence-corrected chi connectivity index (χ1v) is 10.00. The van der Waals surface area contributed by atoms with Gasteiger partial charge in [0, 0.05) is 17.4 Å². The molecule has 1 aromatic heterocycles. The lowest BCUT2D eigenvalue weighted by atomic mass is 10.0. The van der Waals surface area contributed by atoms with E-state index < -0.39 is 29.2 Å². The second-order valence-electron chi connectivity index (χ2n) is 6.44. The van der Waals surface area contributed by atoms with E-state index in [0.29, 0.717) is 17.1 Å². The molecule has 4 rings (SSSR count). The Balaban J connectivity index is 1.38. The Morgan fingerprint density at radius 1 is 1.27 bits per heavy atom. The predicted molar refractivity (Wildman–Crippen MR) is 104 cm³/mol. The van der Waals surface area contributed by atoms with Crippen molar-refractivity contribution in [2.24, 2.45) is 0 Å². The Morgan fingerprint density at radius 3 is 2.77 bits per heavy atom. The highest BCUT2D eigenvalue weighted by Gasteiger charge is 2.54. The summed E-state index contributed by atoms with van der Waals surface area (Å²) < 4.78 is 15.5. The Bertz CT molecular complexity index is 977. The summed E-state index contributed by atoms with van der Waals surface area (Å²) in [4.78, 5) is 37.7. The highest BCUT2D eigenvalue weighted by molar-refractivity contribution is 8.00. The molecule has 2 atom stereocenters. The van der Waals surface area contributed by atoms with Crippen LogP contribution in [0.25, 0.3) is 0 Å². The molecule has 3 heterocycles. The van der Waals surface area contributed by atoms with E-state index in [1.54, 1.807) is 24.3 Å². The zero-order valence-corrected chi connectivity index (χ0v) is 16.3. The summed E-state index contributed by atoms with van der Waals surface area (Å²) in [6.45, 7) is -0.288. The van der Waals surface area contributed by atoms with Crippen molar-refractivity contribution in [2.75, 3.05) is 19.0 Å². The Morgan fingerprint density at radius 2 is 2.07 bits per heavy atom. The van der Waals surface area contributed by atoms with Gasteiger partial charge in [-0.25, -0.2) is 4.79 Å². The number of nitrogens with zero attached hydrogens (tertiary/aromatic N) is 2. The fraction of sp³-hybridized carbons (Fsp3) is 0.263. The van der Waals surface area contributed by atoms with Gasteiger partial charge in [0.2, 0.25) is 0 Å². The molecule has 0 aliphatic carbocycles. The monoisotopic (exact) mass is 431 g/mol. The number of nitrogens with one attached hydrogen (secondary N) is 1. The Kier molecular flexibility index (Phi) is 5.61. The van der Waals surface area contributed by atoms with Gasteiger partial charge in [-0.2, -0.15) is 0 Å². The van der Waals surface area contributed by atoms with E-state index in [4.69, 9.17) is 9.47 Å². The van der Waals surface area contributed by atoms with Crippen molar-refractivity contribution < 1.29 is 33.5 Å². The number of carboxylic acids is 1. The zero-order valence-electron chi connectivity index (χ0n) is 15.5. The van der Waals surface area contributed by atoms with Gasteiger partial charge in [0.1, 0.15) is 35.7 Å². The maximum Gasteiger partial charge on any atom is 0.352 e. The van der Waals surface area contributed by atoms with Crippen molar-refractivity contribution in [1.29, 1.82) is 0 Å². The van der Waals surface area contributed by atoms with Gasteiger partial charge in [0.25, 0.3) is 17.7 Å². The van der Waals surface area contributed by atoms with Crippen molar-refractivity contribution in [3.05, 3.63) is 53.9 Å². The summed E-state index contributed by atoms with van der Waals surface area (Å²) in [5.41, 5.74) is 0.315. The highest BCUT2D eigenvalue weighted by Crippen LogP contribution is 2.40. The fourth-order valence-electron chi connectivity index (χ4n) is 3.11. The largest absolute Gasteiger partial charge is 0.484 e. The molecule has 0 bridgehead atoms. The van der Waals surface area contributed by atoms with Crippen LogP contribution in [0.4, 0.5) is 0 Å². The number of hydrogen-bond donors (Lipinski definition) is 2. The van der Waals surface area contributed by atoms with Crippen molar-refractivity contribution in [3.8, 4) is 11.6 Å². The lowest BCUT2D eigenvalue weighted by Gasteiger charge is -2.49. The molecule has 11 heteroatoms. The number of carbonyl (C=O) groups excluding carboxylic acids is 2. The third-order valence-electron chi connectivity index (χ3n) is 4.49. The molecule has 1 aromatic carbocycles. The predicted octanol–water partition coefficient (Wildman–Crippen LogP) is 0.871. The number of rotatable bonds is 8. The average molecular weight is 431 g/mol. The minimum Gasteiger partial charge on any atom is -0.484 e. The quantitative estimate of drug-likeness (QED) is 0.585. The van der Waals surface area contributed by atoms with Crippen LogP contribution >= 0.6 is 11.8 Å². The summed E-state index contributed by atoms with van der Waals surface area (Å²) >= 11 is 1.35. The summed E-state index contributed by atoms with van der Waals surface area (Å²) in [5, 5.41) is 15.3. The lowest BCUT2D eigenvalue weighted by Crippen LogP contribution is -2.71. The smallest absolute Gasteiger partial charge is 0.352 e. The van der Waals surface area contributed by atoms with Gasteiger partial charge in [-0.15, -0.1) is 11.8 Å². The number of carboxylic acid groups (broad SMARTS) is 1. The van der Waals surface area contributed by atoms with Gasteiger partial charge in [-0.1, -0.05) is 18.2 Å². The maximum atomic E-state index is 12.6. The fourth-order valence-corrected chi connectivity index (χ4v) is 4.44. The number of β-lactam (4-membered cyclic amide) rings is 1. The van der Waals surface area contributed by atoms with Crippen LogP contribution < -0.4 is 14.8 Å². The normalized spacial score (nSPS) is 20.3. The number of carbonyl (C=O) groups is 3. The molecular formula is C19H17N3O7S. The van der Waals surface area contributed by atoms with Crippen LogP contribution in [0.1, 0.15) is 0 Å². The van der Waals surface area contributed by atoms with Gasteiger partial charge >= 0.3 is 5.97 Å². The van der Waals surface area contributed by atoms with Crippen LogP contribution in [0.3, 0.4) is 0 Å². The number of hydrogen-bond acceptors (Lipinski definition) is 8. The van der Waals surface area contributed by atoms with Crippen molar-refractivity contribution in [2.45, 2.75) is 11.4 Å². The third kappa shape index (κ3) is 3.96. The van der Waals surface area contributed by atoms with E-state index in [-0.39, 0.29) is 24.8 Å². The van der Waals surface area contributed by atoms with Crippen LogP contribution in [-0.4, -0.2) is 63.3 Å². The third-order valence-corrected chi connectivity index (χ3v) is 5.83. The van der Waals surface area contributed by atoms with E-state index in [0.717, 1.165) is 0 Å². The first-order valence-electron chi connectivity index (χ1n) is 8.95. The van der Waals surface area contributed by atoms with E-state index >= 15 is 0 Å². The first-order chi connectivity index (χ1) is 14.5. The first kappa shape index (κ1) is 19.8. The molecule has 2 amide bonds. The molecule has 0 spiro atoms. The number of aromatic nitrogens is 1. The molecule has 1 fully saturated rings. The Hall–Kier alpha value is -3.47. The molecule has 0 radical (unpaired) electrons. The number of benzene rings is 1. The molecule has 156 valence electrons. The molecule has 30 heavy (non-hydrogen) atoms. The maximum absolute atomic E-state index is 12.6. The molecule has 1 unspecified atom stereocenters. The number of para-hydroxylation sites is 1. The second kappa shape index (κ2) is 8.49. The van der Waals surface area contributed by atoms with E-state index in [1.165, 1.54) is 29.0 Å². The molecule has 0 saturated carbocycles. The number of ether oxygens (including phenoxy) is 2. The van der Waals surface area contributed by atoms with Crippen LogP contribution in [0, 0.1) is 0 Å². The number of aliphatic carboxylic acids is 1. The average Bonchev–Trinajstić information content (AvgIpc) is 3.28. The second-order valence-corrected chi connectivity index (χ2v) is 7.55. The SMILES string of the molecule is O=C(COc1ccccc1)NC1C(=O)N2C(C(=O)O)=C(COc3ccon3)CS[C@H]12. The molecule has 2 aliphatic heterocycles. The van der Waals surface area contributed by atoms with Crippen LogP contribution in [0.2, 0.25) is 0 Å². The molecule has 1 saturated heterocycles. The zero-order chi connectivity index (χ0) is 21.1. The van der Waals surface area contributed by atoms with Crippen molar-refractivity contribution in [1.82, 2.24) is 15.4 Å². The van der Waals surface area contributed by atoms with Gasteiger partial charge in [0.15, 0.2) is 6.61 Å². The van der Waals surface area contributed by atoms with Crippen molar-refractivity contribution >= 4 is 29.5 Å². The molecule has 2 aliphatic rings. The van der Waals surface area contributed by atoms with E-state index in [1.807, 2.05) is 6.07 Å². The Labute approximate surface area is 174 Å². The van der Waals surface area contributed by atoms with Gasteiger partial charge in [-0.05, 0) is 17.3 Å². The number of thioether (sulfide) groups is 1. The lowest BCUT2D eigenvalue weighted by molar-refractivity contribution is -0.151. The topological polar surface area (TPSA) is 131 Å². The van der Waals surface area contributed by atoms with Crippen LogP contribution in [0.15, 0.2) is 58.5 Å². The van der Waals surface area contributed by atoms with Crippen LogP contribution in [-0.2, 0) is 14.4 Å². The minimum atomic E-state index is -1.23. The minimum absolute atomic E-state index is 0.0421. The standard InChI is InChI=1S/C19H17N3O7S/c23-13(9-27-12-4-2-1-3-5-12)20-15-17(24)22-16(19(25)26)11(10-30-18(15)22)8-28-14-6-7-29-21-14/h1-7,15,18H,8-10H2,(H,20,23)(H,25,26)/t15?,18-/m1/s1. The summed E-state index contributed by atoms with van der Waals surface area (Å²) in [7, 11) is 0. The summed E-state index contributed by atoms with van der Waals surface area (Å²) in [6.07, 6.45) is 1.33. The van der Waals surface area contributed by atoms with Gasteiger partial charge in [0.05, 0.1) is 0 Å².